The summed E-state index contributed by atoms with van der Waals surface area (Å²) in [7, 11) is 2.79. The van der Waals surface area contributed by atoms with Crippen LogP contribution in [0.1, 0.15) is 36.0 Å². The molecule has 0 aromatic heterocycles. The van der Waals surface area contributed by atoms with Crippen molar-refractivity contribution < 1.29 is 19.4 Å². The number of aliphatic hydroxyl groups is 1. The lowest BCUT2D eigenvalue weighted by Crippen LogP contribution is -2.15. The quantitative estimate of drug-likeness (QED) is 0.865. The van der Waals surface area contributed by atoms with E-state index in [1.807, 2.05) is 30.0 Å². The number of ether oxygens (including phenoxy) is 2. The van der Waals surface area contributed by atoms with Gasteiger partial charge in [-0.3, -0.25) is 0 Å². The Bertz CT molecular complexity index is 469. The summed E-state index contributed by atoms with van der Waals surface area (Å²) in [4.78, 5) is 11.5. The van der Waals surface area contributed by atoms with E-state index in [-0.39, 0.29) is 0 Å². The third-order valence-corrected chi connectivity index (χ3v) is 4.71. The SMILES string of the molecule is COC(=O)C(O)c1cc(C2CCSCC2)ccc1OC. The molecule has 1 aromatic rings. The average Bonchev–Trinajstić information content (AvgIpc) is 2.53. The Morgan fingerprint density at radius 3 is 2.65 bits per heavy atom. The fourth-order valence-corrected chi connectivity index (χ4v) is 3.60. The molecule has 1 saturated heterocycles. The van der Waals surface area contributed by atoms with Gasteiger partial charge in [0.05, 0.1) is 14.2 Å². The Balaban J connectivity index is 2.30. The minimum atomic E-state index is -1.30. The zero-order valence-corrected chi connectivity index (χ0v) is 12.6. The topological polar surface area (TPSA) is 55.8 Å². The summed E-state index contributed by atoms with van der Waals surface area (Å²) in [6.45, 7) is 0. The third-order valence-electron chi connectivity index (χ3n) is 3.67. The van der Waals surface area contributed by atoms with Gasteiger partial charge in [-0.1, -0.05) is 6.07 Å². The maximum atomic E-state index is 11.5. The Kier molecular flexibility index (Phi) is 5.31. The average molecular weight is 296 g/mol. The van der Waals surface area contributed by atoms with Crippen molar-refractivity contribution in [2.45, 2.75) is 24.9 Å². The first-order valence-electron chi connectivity index (χ1n) is 6.68. The van der Waals surface area contributed by atoms with Crippen molar-refractivity contribution in [1.29, 1.82) is 0 Å². The summed E-state index contributed by atoms with van der Waals surface area (Å²) in [6.07, 6.45) is 0.961. The summed E-state index contributed by atoms with van der Waals surface area (Å²) in [5.74, 6) is 2.65. The Morgan fingerprint density at radius 1 is 1.35 bits per heavy atom. The molecule has 0 radical (unpaired) electrons. The molecule has 1 N–H and O–H groups in total. The molecule has 4 nitrogen and oxygen atoms in total. The van der Waals surface area contributed by atoms with Crippen molar-refractivity contribution in [2.24, 2.45) is 0 Å². The first-order valence-corrected chi connectivity index (χ1v) is 7.84. The molecule has 20 heavy (non-hydrogen) atoms. The number of carbonyl (C=O) groups is 1. The largest absolute Gasteiger partial charge is 0.496 e. The molecule has 1 aliphatic heterocycles. The number of rotatable bonds is 4. The molecule has 0 saturated carbocycles. The van der Waals surface area contributed by atoms with E-state index in [9.17, 15) is 9.90 Å². The molecule has 1 unspecified atom stereocenters. The van der Waals surface area contributed by atoms with Crippen molar-refractivity contribution in [2.75, 3.05) is 25.7 Å². The van der Waals surface area contributed by atoms with Crippen LogP contribution in [0.3, 0.4) is 0 Å². The predicted molar refractivity (Wildman–Crippen MR) is 79.3 cm³/mol. The number of methoxy groups -OCH3 is 2. The summed E-state index contributed by atoms with van der Waals surface area (Å²) in [5, 5.41) is 10.1. The summed E-state index contributed by atoms with van der Waals surface area (Å²) < 4.78 is 9.84. The van der Waals surface area contributed by atoms with Gasteiger partial charge in [-0.05, 0) is 48.0 Å². The predicted octanol–water partition coefficient (Wildman–Crippen LogP) is 2.51. The van der Waals surface area contributed by atoms with E-state index >= 15 is 0 Å². The highest BCUT2D eigenvalue weighted by Crippen LogP contribution is 2.35. The van der Waals surface area contributed by atoms with Gasteiger partial charge in [0.1, 0.15) is 5.75 Å². The van der Waals surface area contributed by atoms with Crippen LogP contribution in [0.25, 0.3) is 0 Å². The van der Waals surface area contributed by atoms with Crippen molar-refractivity contribution in [3.05, 3.63) is 29.3 Å². The molecular formula is C15H20O4S. The second kappa shape index (κ2) is 6.99. The Morgan fingerprint density at radius 2 is 2.05 bits per heavy atom. The van der Waals surface area contributed by atoms with E-state index in [1.165, 1.54) is 14.2 Å². The second-order valence-corrected chi connectivity index (χ2v) is 6.04. The Labute approximate surface area is 123 Å². The van der Waals surface area contributed by atoms with Crippen LogP contribution in [-0.2, 0) is 9.53 Å². The van der Waals surface area contributed by atoms with E-state index in [0.717, 1.165) is 29.9 Å². The first-order chi connectivity index (χ1) is 9.67. The number of aliphatic hydroxyl groups excluding tert-OH is 1. The lowest BCUT2D eigenvalue weighted by atomic mass is 9.91. The summed E-state index contributed by atoms with van der Waals surface area (Å²) in [6, 6.07) is 5.71. The third kappa shape index (κ3) is 3.27. The van der Waals surface area contributed by atoms with Crippen molar-refractivity contribution in [3.63, 3.8) is 0 Å². The van der Waals surface area contributed by atoms with Gasteiger partial charge in [-0.25, -0.2) is 4.79 Å². The molecule has 1 atom stereocenters. The van der Waals surface area contributed by atoms with Crippen LogP contribution in [0.5, 0.6) is 5.75 Å². The number of hydrogen-bond donors (Lipinski definition) is 1. The number of benzene rings is 1. The molecule has 1 aromatic carbocycles. The molecule has 110 valence electrons. The van der Waals surface area contributed by atoms with Crippen molar-refractivity contribution in [3.8, 4) is 5.75 Å². The second-order valence-electron chi connectivity index (χ2n) is 4.81. The molecule has 1 aliphatic rings. The van der Waals surface area contributed by atoms with Crippen LogP contribution in [-0.4, -0.2) is 36.8 Å². The molecule has 0 bridgehead atoms. The number of carbonyl (C=O) groups excluding carboxylic acids is 1. The van der Waals surface area contributed by atoms with Crippen LogP contribution < -0.4 is 4.74 Å². The maximum Gasteiger partial charge on any atom is 0.339 e. The van der Waals surface area contributed by atoms with Gasteiger partial charge in [-0.15, -0.1) is 0 Å². The monoisotopic (exact) mass is 296 g/mol. The standard InChI is InChI=1S/C15H20O4S/c1-18-13-4-3-11(10-5-7-20-8-6-10)9-12(13)14(16)15(17)19-2/h3-4,9-10,14,16H,5-8H2,1-2H3. The van der Waals surface area contributed by atoms with Crippen LogP contribution in [0.2, 0.25) is 0 Å². The smallest absolute Gasteiger partial charge is 0.339 e. The van der Waals surface area contributed by atoms with Gasteiger partial charge in [0.25, 0.3) is 0 Å². The van der Waals surface area contributed by atoms with E-state index in [2.05, 4.69) is 4.74 Å². The minimum Gasteiger partial charge on any atom is -0.496 e. The minimum absolute atomic E-state index is 0.482. The molecule has 1 heterocycles. The highest BCUT2D eigenvalue weighted by Gasteiger charge is 2.24. The highest BCUT2D eigenvalue weighted by atomic mass is 32.2. The van der Waals surface area contributed by atoms with Crippen LogP contribution >= 0.6 is 11.8 Å². The van der Waals surface area contributed by atoms with Gasteiger partial charge >= 0.3 is 5.97 Å². The molecule has 0 amide bonds. The van der Waals surface area contributed by atoms with Gasteiger partial charge < -0.3 is 14.6 Å². The van der Waals surface area contributed by atoms with Crippen molar-refractivity contribution >= 4 is 17.7 Å². The molecule has 0 aliphatic carbocycles. The van der Waals surface area contributed by atoms with Gasteiger partial charge in [0.15, 0.2) is 6.10 Å². The van der Waals surface area contributed by atoms with Crippen LogP contribution in [0.4, 0.5) is 0 Å². The lowest BCUT2D eigenvalue weighted by molar-refractivity contribution is -0.150. The molecule has 5 heteroatoms. The van der Waals surface area contributed by atoms with E-state index < -0.39 is 12.1 Å². The van der Waals surface area contributed by atoms with E-state index in [1.54, 1.807) is 0 Å². The van der Waals surface area contributed by atoms with Gasteiger partial charge in [0.2, 0.25) is 0 Å². The summed E-state index contributed by atoms with van der Waals surface area (Å²) >= 11 is 1.97. The zero-order chi connectivity index (χ0) is 14.5. The van der Waals surface area contributed by atoms with Gasteiger partial charge in [-0.2, -0.15) is 11.8 Å². The maximum absolute atomic E-state index is 11.5. The highest BCUT2D eigenvalue weighted by molar-refractivity contribution is 7.99. The number of thioether (sulfide) groups is 1. The molecule has 0 spiro atoms. The van der Waals surface area contributed by atoms with Crippen molar-refractivity contribution in [1.82, 2.24) is 0 Å². The molecule has 1 fully saturated rings. The lowest BCUT2D eigenvalue weighted by Gasteiger charge is -2.23. The van der Waals surface area contributed by atoms with Crippen LogP contribution in [0.15, 0.2) is 18.2 Å². The normalized spacial score (nSPS) is 17.6. The van der Waals surface area contributed by atoms with E-state index in [0.29, 0.717) is 17.2 Å². The molecular weight excluding hydrogens is 276 g/mol. The zero-order valence-electron chi connectivity index (χ0n) is 11.8. The van der Waals surface area contributed by atoms with Gasteiger partial charge in [0, 0.05) is 5.56 Å². The molecule has 2 rings (SSSR count). The number of hydrogen-bond acceptors (Lipinski definition) is 5. The van der Waals surface area contributed by atoms with E-state index in [4.69, 9.17) is 4.74 Å². The number of esters is 1. The summed E-state index contributed by atoms with van der Waals surface area (Å²) in [5.41, 5.74) is 1.64. The Hall–Kier alpha value is -1.20. The first kappa shape index (κ1) is 15.2. The van der Waals surface area contributed by atoms with Crippen LogP contribution in [0, 0.1) is 0 Å². The fraction of sp³-hybridized carbons (Fsp3) is 0.533. The fourth-order valence-electron chi connectivity index (χ4n) is 2.49.